The van der Waals surface area contributed by atoms with Crippen molar-refractivity contribution in [3.8, 4) is 0 Å². The lowest BCUT2D eigenvalue weighted by atomic mass is 10.1. The zero-order chi connectivity index (χ0) is 11.8. The first kappa shape index (κ1) is 13.1. The van der Waals surface area contributed by atoms with Crippen LogP contribution in [0, 0.1) is 0 Å². The largest absolute Gasteiger partial charge is 0.549 e. The number of aryl methyl sites for hydroxylation is 1. The third-order valence-corrected chi connectivity index (χ3v) is 3.38. The van der Waals surface area contributed by atoms with Crippen molar-refractivity contribution in [2.24, 2.45) is 0 Å². The summed E-state index contributed by atoms with van der Waals surface area (Å²) in [4.78, 5) is 0. The maximum atomic E-state index is 11.6. The molecule has 0 aromatic heterocycles. The van der Waals surface area contributed by atoms with Gasteiger partial charge in [0.25, 0.3) is 0 Å². The Morgan fingerprint density at radius 2 is 2.06 bits per heavy atom. The lowest BCUT2D eigenvalue weighted by molar-refractivity contribution is 0.378. The van der Waals surface area contributed by atoms with Crippen molar-refractivity contribution in [2.45, 2.75) is 26.2 Å². The molecule has 0 amide bonds. The van der Waals surface area contributed by atoms with Gasteiger partial charge in [0.2, 0.25) is 5.30 Å². The molecule has 86 valence electrons. The minimum Gasteiger partial charge on any atom is -0.138 e. The lowest BCUT2D eigenvalue weighted by Gasteiger charge is -1.97. The van der Waals surface area contributed by atoms with E-state index < -0.39 is 8.03 Å². The van der Waals surface area contributed by atoms with Gasteiger partial charge in [-0.2, -0.15) is 0 Å². The first-order chi connectivity index (χ1) is 7.77. The second kappa shape index (κ2) is 7.32. The van der Waals surface area contributed by atoms with E-state index in [1.165, 1.54) is 18.4 Å². The minimum absolute atomic E-state index is 0.326. The molecule has 1 aromatic rings. The predicted octanol–water partition coefficient (Wildman–Crippen LogP) is 3.60. The van der Waals surface area contributed by atoms with Gasteiger partial charge in [0.15, 0.2) is 0 Å². The van der Waals surface area contributed by atoms with Gasteiger partial charge in [0, 0.05) is 0 Å². The molecule has 0 N–H and O–H groups in total. The summed E-state index contributed by atoms with van der Waals surface area (Å²) >= 11 is 0. The van der Waals surface area contributed by atoms with Gasteiger partial charge < -0.3 is 0 Å². The van der Waals surface area contributed by atoms with Crippen molar-refractivity contribution in [3.63, 3.8) is 0 Å². The summed E-state index contributed by atoms with van der Waals surface area (Å²) in [5.74, 6) is 0. The molecule has 0 radical (unpaired) electrons. The fraction of sp³-hybridized carbons (Fsp3) is 0.385. The van der Waals surface area contributed by atoms with Crippen LogP contribution in [-0.2, 0) is 15.5 Å². The second-order valence-corrected chi connectivity index (χ2v) is 4.90. The topological polar surface area (TPSA) is 26.3 Å². The molecule has 0 fully saturated rings. The zero-order valence-electron chi connectivity index (χ0n) is 9.69. The molecule has 0 aliphatic heterocycles. The average molecular weight is 237 g/mol. The van der Waals surface area contributed by atoms with Crippen LogP contribution in [0.5, 0.6) is 0 Å². The highest BCUT2D eigenvalue weighted by Gasteiger charge is 2.20. The molecule has 2 nitrogen and oxygen atoms in total. The SMILES string of the molecule is C=CCO[P+](=O)c1ccc(CCCC)cc1. The van der Waals surface area contributed by atoms with Gasteiger partial charge >= 0.3 is 8.03 Å². The summed E-state index contributed by atoms with van der Waals surface area (Å²) in [6.07, 6.45) is 5.07. The highest BCUT2D eigenvalue weighted by Crippen LogP contribution is 2.21. The number of rotatable bonds is 7. The molecule has 0 saturated heterocycles. The molecular formula is C13H18O2P+. The Bertz CT molecular complexity index is 343. The monoisotopic (exact) mass is 237 g/mol. The highest BCUT2D eigenvalue weighted by molar-refractivity contribution is 7.48. The van der Waals surface area contributed by atoms with E-state index >= 15 is 0 Å². The fourth-order valence-electron chi connectivity index (χ4n) is 1.36. The van der Waals surface area contributed by atoms with E-state index in [-0.39, 0.29) is 0 Å². The Labute approximate surface area is 98.2 Å². The Morgan fingerprint density at radius 3 is 2.62 bits per heavy atom. The molecule has 1 aromatic carbocycles. The van der Waals surface area contributed by atoms with E-state index in [4.69, 9.17) is 4.52 Å². The van der Waals surface area contributed by atoms with E-state index in [0.717, 1.165) is 11.7 Å². The normalized spacial score (nSPS) is 11.2. The van der Waals surface area contributed by atoms with Crippen molar-refractivity contribution in [1.29, 1.82) is 0 Å². The van der Waals surface area contributed by atoms with Gasteiger partial charge in [0.1, 0.15) is 6.61 Å². The summed E-state index contributed by atoms with van der Waals surface area (Å²) in [5.41, 5.74) is 1.29. The van der Waals surface area contributed by atoms with E-state index in [9.17, 15) is 4.57 Å². The Balaban J connectivity index is 2.56. The van der Waals surface area contributed by atoms with Crippen LogP contribution >= 0.6 is 8.03 Å². The van der Waals surface area contributed by atoms with E-state index in [0.29, 0.717) is 6.61 Å². The molecule has 0 aliphatic carbocycles. The van der Waals surface area contributed by atoms with Crippen LogP contribution in [0.1, 0.15) is 25.3 Å². The first-order valence-electron chi connectivity index (χ1n) is 5.58. The molecule has 0 aliphatic rings. The standard InChI is InChI=1S/C13H18O2P/c1-3-5-6-12-7-9-13(10-8-12)16(14)15-11-4-2/h4,7-10H,2-3,5-6,11H2,1H3/q+1. The van der Waals surface area contributed by atoms with Crippen molar-refractivity contribution in [3.05, 3.63) is 42.5 Å². The number of hydrogen-bond donors (Lipinski definition) is 0. The van der Waals surface area contributed by atoms with Gasteiger partial charge in [-0.05, 0) is 35.1 Å². The van der Waals surface area contributed by atoms with Gasteiger partial charge in [0.05, 0.1) is 0 Å². The number of hydrogen-bond acceptors (Lipinski definition) is 2. The van der Waals surface area contributed by atoms with Crippen LogP contribution in [0.4, 0.5) is 0 Å². The van der Waals surface area contributed by atoms with Crippen LogP contribution < -0.4 is 5.30 Å². The molecule has 0 heterocycles. The molecule has 0 spiro atoms. The van der Waals surface area contributed by atoms with Crippen molar-refractivity contribution >= 4 is 13.3 Å². The number of unbranched alkanes of at least 4 members (excludes halogenated alkanes) is 1. The van der Waals surface area contributed by atoms with Crippen LogP contribution in [0.25, 0.3) is 0 Å². The van der Waals surface area contributed by atoms with Crippen molar-refractivity contribution in [1.82, 2.24) is 0 Å². The zero-order valence-corrected chi connectivity index (χ0v) is 10.6. The molecule has 3 heteroatoms. The summed E-state index contributed by atoms with van der Waals surface area (Å²) in [7, 11) is -1.73. The van der Waals surface area contributed by atoms with Crippen LogP contribution in [0.3, 0.4) is 0 Å². The highest BCUT2D eigenvalue weighted by atomic mass is 31.1. The second-order valence-electron chi connectivity index (χ2n) is 3.61. The summed E-state index contributed by atoms with van der Waals surface area (Å²) in [5, 5.41) is 0.747. The molecule has 0 bridgehead atoms. The van der Waals surface area contributed by atoms with E-state index in [2.05, 4.69) is 13.5 Å². The summed E-state index contributed by atoms with van der Waals surface area (Å²) < 4.78 is 16.7. The first-order valence-corrected chi connectivity index (χ1v) is 6.75. The minimum atomic E-state index is -1.73. The Morgan fingerprint density at radius 1 is 1.38 bits per heavy atom. The number of benzene rings is 1. The predicted molar refractivity (Wildman–Crippen MR) is 68.4 cm³/mol. The van der Waals surface area contributed by atoms with Crippen molar-refractivity contribution in [2.75, 3.05) is 6.61 Å². The molecule has 16 heavy (non-hydrogen) atoms. The van der Waals surface area contributed by atoms with Gasteiger partial charge in [-0.3, -0.25) is 0 Å². The van der Waals surface area contributed by atoms with Gasteiger partial charge in [-0.25, -0.2) is 0 Å². The summed E-state index contributed by atoms with van der Waals surface area (Å²) in [6, 6.07) is 7.81. The summed E-state index contributed by atoms with van der Waals surface area (Å²) in [6.45, 7) is 6.02. The molecule has 1 atom stereocenters. The van der Waals surface area contributed by atoms with Crippen LogP contribution in [0.2, 0.25) is 0 Å². The smallest absolute Gasteiger partial charge is 0.138 e. The average Bonchev–Trinajstić information content (AvgIpc) is 2.34. The Hall–Kier alpha value is -0.980. The van der Waals surface area contributed by atoms with Crippen LogP contribution in [-0.4, -0.2) is 6.61 Å². The maximum absolute atomic E-state index is 11.6. The molecule has 1 unspecified atom stereocenters. The molecule has 0 saturated carbocycles. The molecule has 1 rings (SSSR count). The third kappa shape index (κ3) is 4.26. The van der Waals surface area contributed by atoms with E-state index in [1.54, 1.807) is 6.08 Å². The maximum Gasteiger partial charge on any atom is 0.549 e. The van der Waals surface area contributed by atoms with Crippen molar-refractivity contribution < 1.29 is 9.09 Å². The fourth-order valence-corrected chi connectivity index (χ4v) is 2.14. The quantitative estimate of drug-likeness (QED) is 0.535. The van der Waals surface area contributed by atoms with Gasteiger partial charge in [-0.1, -0.05) is 31.6 Å². The van der Waals surface area contributed by atoms with E-state index in [1.807, 2.05) is 24.3 Å². The third-order valence-electron chi connectivity index (χ3n) is 2.28. The van der Waals surface area contributed by atoms with Gasteiger partial charge in [-0.15, -0.1) is 11.1 Å². The molecular weight excluding hydrogens is 219 g/mol. The van der Waals surface area contributed by atoms with Crippen LogP contribution in [0.15, 0.2) is 36.9 Å². The lowest BCUT2D eigenvalue weighted by Crippen LogP contribution is -1.99. The Kier molecular flexibility index (Phi) is 5.99.